The van der Waals surface area contributed by atoms with Crippen LogP contribution in [-0.2, 0) is 30.3 Å². The summed E-state index contributed by atoms with van der Waals surface area (Å²) in [5.41, 5.74) is 1.07. The average molecular weight is 323 g/mol. The minimum absolute atomic E-state index is 0.112. The fraction of sp³-hybridized carbons (Fsp3) is 0.588. The minimum Gasteiger partial charge on any atom is -0.451 e. The molecule has 0 aliphatic carbocycles. The molecule has 128 valence electrons. The van der Waals surface area contributed by atoms with Gasteiger partial charge in [-0.1, -0.05) is 30.3 Å². The molecule has 3 unspecified atom stereocenters. The second-order valence-electron chi connectivity index (χ2n) is 5.22. The maximum absolute atomic E-state index is 5.67. The molecular formula is C17H25NO5. The zero-order valence-corrected chi connectivity index (χ0v) is 13.9. The predicted octanol–water partition coefficient (Wildman–Crippen LogP) is 2.58. The number of aliphatic imine (C=N–C) groups is 1. The van der Waals surface area contributed by atoms with Crippen molar-refractivity contribution in [2.24, 2.45) is 10.9 Å². The topological polar surface area (TPSA) is 58.5 Å². The highest BCUT2D eigenvalue weighted by atomic mass is 16.8. The molecule has 1 heterocycles. The van der Waals surface area contributed by atoms with Crippen molar-refractivity contribution in [1.29, 1.82) is 0 Å². The van der Waals surface area contributed by atoms with Crippen LogP contribution in [0.5, 0.6) is 0 Å². The molecule has 0 amide bonds. The lowest BCUT2D eigenvalue weighted by molar-refractivity contribution is -0.192. The van der Waals surface area contributed by atoms with Crippen molar-refractivity contribution in [3.05, 3.63) is 35.9 Å². The number of methoxy groups -OCH3 is 2. The molecular weight excluding hydrogens is 298 g/mol. The summed E-state index contributed by atoms with van der Waals surface area (Å²) in [6.07, 6.45) is 0.463. The molecule has 2 rings (SSSR count). The Morgan fingerprint density at radius 2 is 1.96 bits per heavy atom. The molecule has 1 saturated heterocycles. The lowest BCUT2D eigenvalue weighted by atomic mass is 10.1. The summed E-state index contributed by atoms with van der Waals surface area (Å²) < 4.78 is 27.3. The summed E-state index contributed by atoms with van der Waals surface area (Å²) in [6.45, 7) is 3.33. The Morgan fingerprint density at radius 3 is 2.61 bits per heavy atom. The third-order valence-electron chi connectivity index (χ3n) is 3.59. The molecule has 0 bridgehead atoms. The van der Waals surface area contributed by atoms with E-state index in [9.17, 15) is 0 Å². The van der Waals surface area contributed by atoms with Gasteiger partial charge < -0.3 is 23.7 Å². The van der Waals surface area contributed by atoms with Crippen LogP contribution in [0.4, 0.5) is 0 Å². The van der Waals surface area contributed by atoms with Gasteiger partial charge in [0.15, 0.2) is 12.6 Å². The highest BCUT2D eigenvalue weighted by Gasteiger charge is 2.35. The molecule has 1 aliphatic heterocycles. The second kappa shape index (κ2) is 9.50. The van der Waals surface area contributed by atoms with Gasteiger partial charge in [0.25, 0.3) is 0 Å². The van der Waals surface area contributed by atoms with Crippen LogP contribution in [0.1, 0.15) is 18.9 Å². The van der Waals surface area contributed by atoms with E-state index in [4.69, 9.17) is 23.7 Å². The molecule has 0 saturated carbocycles. The molecule has 3 atom stereocenters. The monoisotopic (exact) mass is 323 g/mol. The van der Waals surface area contributed by atoms with Crippen LogP contribution in [0.25, 0.3) is 0 Å². The molecule has 6 heteroatoms. The van der Waals surface area contributed by atoms with Crippen LogP contribution < -0.4 is 0 Å². The zero-order chi connectivity index (χ0) is 16.5. The van der Waals surface area contributed by atoms with Crippen LogP contribution in [0.15, 0.2) is 35.3 Å². The van der Waals surface area contributed by atoms with E-state index in [0.717, 1.165) is 12.0 Å². The molecule has 6 nitrogen and oxygen atoms in total. The van der Waals surface area contributed by atoms with E-state index in [1.165, 1.54) is 0 Å². The van der Waals surface area contributed by atoms with Crippen molar-refractivity contribution in [1.82, 2.24) is 0 Å². The first kappa shape index (κ1) is 17.7. The van der Waals surface area contributed by atoms with Crippen LogP contribution in [0.3, 0.4) is 0 Å². The van der Waals surface area contributed by atoms with E-state index in [2.05, 4.69) is 4.99 Å². The van der Waals surface area contributed by atoms with Crippen molar-refractivity contribution in [2.75, 3.05) is 27.4 Å². The normalized spacial score (nSPS) is 24.7. The van der Waals surface area contributed by atoms with Gasteiger partial charge in [0.05, 0.1) is 13.2 Å². The maximum Gasteiger partial charge on any atom is 0.383 e. The summed E-state index contributed by atoms with van der Waals surface area (Å²) in [7, 11) is 3.24. The molecule has 1 aliphatic rings. The van der Waals surface area contributed by atoms with Gasteiger partial charge in [-0.25, -0.2) is 4.99 Å². The van der Waals surface area contributed by atoms with Gasteiger partial charge in [-0.2, -0.15) is 0 Å². The van der Waals surface area contributed by atoms with Crippen molar-refractivity contribution in [3.8, 4) is 0 Å². The number of ether oxygens (including phenoxy) is 5. The van der Waals surface area contributed by atoms with E-state index >= 15 is 0 Å². The first-order valence-corrected chi connectivity index (χ1v) is 7.81. The number of benzene rings is 1. The van der Waals surface area contributed by atoms with Gasteiger partial charge in [0.1, 0.15) is 6.61 Å². The summed E-state index contributed by atoms with van der Waals surface area (Å²) in [5.74, 6) is 0.112. The summed E-state index contributed by atoms with van der Waals surface area (Å²) >= 11 is 0. The molecule has 0 N–H and O–H groups in total. The van der Waals surface area contributed by atoms with Gasteiger partial charge in [0.2, 0.25) is 0 Å². The van der Waals surface area contributed by atoms with E-state index in [1.54, 1.807) is 14.2 Å². The van der Waals surface area contributed by atoms with Crippen LogP contribution in [0, 0.1) is 5.92 Å². The molecule has 1 fully saturated rings. The summed E-state index contributed by atoms with van der Waals surface area (Å²) in [6, 6.07) is 9.91. The van der Waals surface area contributed by atoms with Gasteiger partial charge in [-0.05, 0) is 12.5 Å². The van der Waals surface area contributed by atoms with Gasteiger partial charge >= 0.3 is 6.08 Å². The van der Waals surface area contributed by atoms with Crippen molar-refractivity contribution < 1.29 is 23.7 Å². The van der Waals surface area contributed by atoms with Crippen LogP contribution in [-0.4, -0.2) is 46.0 Å². The van der Waals surface area contributed by atoms with E-state index in [1.807, 2.05) is 37.3 Å². The molecule has 23 heavy (non-hydrogen) atoms. The van der Waals surface area contributed by atoms with E-state index < -0.39 is 0 Å². The Labute approximate surface area is 137 Å². The van der Waals surface area contributed by atoms with Gasteiger partial charge in [0, 0.05) is 26.6 Å². The Bertz CT molecular complexity index is 479. The second-order valence-corrected chi connectivity index (χ2v) is 5.22. The van der Waals surface area contributed by atoms with Crippen LogP contribution >= 0.6 is 0 Å². The smallest absolute Gasteiger partial charge is 0.383 e. The molecule has 0 aromatic heterocycles. The lowest BCUT2D eigenvalue weighted by Gasteiger charge is -2.15. The molecule has 1 aromatic carbocycles. The first-order chi connectivity index (χ1) is 11.3. The Hall–Kier alpha value is -1.63. The quantitative estimate of drug-likeness (QED) is 0.570. The highest BCUT2D eigenvalue weighted by molar-refractivity contribution is 5.66. The highest BCUT2D eigenvalue weighted by Crippen LogP contribution is 2.27. The third-order valence-corrected chi connectivity index (χ3v) is 3.59. The molecule has 1 aromatic rings. The average Bonchev–Trinajstić information content (AvgIpc) is 3.00. The van der Waals surface area contributed by atoms with Crippen molar-refractivity contribution >= 4 is 6.08 Å². The Kier molecular flexibility index (Phi) is 7.32. The number of hydrogen-bond acceptors (Lipinski definition) is 6. The van der Waals surface area contributed by atoms with E-state index in [-0.39, 0.29) is 18.5 Å². The molecule has 0 spiro atoms. The Balaban J connectivity index is 1.90. The van der Waals surface area contributed by atoms with E-state index in [0.29, 0.717) is 25.8 Å². The number of nitrogens with zero attached hydrogens (tertiary/aromatic N) is 1. The Morgan fingerprint density at radius 1 is 1.17 bits per heavy atom. The fourth-order valence-corrected chi connectivity index (χ4v) is 2.40. The number of rotatable bonds is 7. The first-order valence-electron chi connectivity index (χ1n) is 7.81. The standard InChI is InChI=1S/C17H25NO5/c1-4-21-17(22-12-13-8-6-5-7-9-13)18-11-14-10-15(19-2)23-16(14)20-3/h5-9,14-16H,4,10-12H2,1-3H3. The zero-order valence-electron chi connectivity index (χ0n) is 13.9. The van der Waals surface area contributed by atoms with Crippen molar-refractivity contribution in [2.45, 2.75) is 32.5 Å². The largest absolute Gasteiger partial charge is 0.451 e. The summed E-state index contributed by atoms with van der Waals surface area (Å²) in [4.78, 5) is 4.43. The SMILES string of the molecule is CCOC(=NCC1CC(OC)OC1OC)OCc1ccccc1. The molecule has 0 radical (unpaired) electrons. The minimum atomic E-state index is -0.319. The van der Waals surface area contributed by atoms with Crippen molar-refractivity contribution in [3.63, 3.8) is 0 Å². The predicted molar refractivity (Wildman–Crippen MR) is 85.9 cm³/mol. The van der Waals surface area contributed by atoms with Gasteiger partial charge in [-0.3, -0.25) is 0 Å². The lowest BCUT2D eigenvalue weighted by Crippen LogP contribution is -2.22. The fourth-order valence-electron chi connectivity index (χ4n) is 2.40. The maximum atomic E-state index is 5.67. The summed E-state index contributed by atoms with van der Waals surface area (Å²) in [5, 5.41) is 0. The third kappa shape index (κ3) is 5.49. The van der Waals surface area contributed by atoms with Gasteiger partial charge in [-0.15, -0.1) is 0 Å². The number of hydrogen-bond donors (Lipinski definition) is 0. The van der Waals surface area contributed by atoms with Crippen LogP contribution in [0.2, 0.25) is 0 Å².